The number of hydrogen-bond acceptors (Lipinski definition) is 1. The molecule has 0 saturated heterocycles. The minimum absolute atomic E-state index is 0.115. The molecule has 2 atom stereocenters. The maximum atomic E-state index is 13.7. The van der Waals surface area contributed by atoms with E-state index in [4.69, 9.17) is 0 Å². The van der Waals surface area contributed by atoms with Crippen LogP contribution in [-0.4, -0.2) is 12.5 Å². The van der Waals surface area contributed by atoms with Crippen LogP contribution in [0.15, 0.2) is 36.4 Å². The third-order valence-electron chi connectivity index (χ3n) is 3.92. The van der Waals surface area contributed by atoms with Crippen LogP contribution in [-0.2, 0) is 0 Å². The summed E-state index contributed by atoms with van der Waals surface area (Å²) in [5, 5.41) is 4.11. The Morgan fingerprint density at radius 3 is 2.63 bits per heavy atom. The molecule has 19 heavy (non-hydrogen) atoms. The summed E-state index contributed by atoms with van der Waals surface area (Å²) < 4.78 is 13.7. The molecule has 0 spiro atoms. The van der Waals surface area contributed by atoms with Gasteiger partial charge in [-0.2, -0.15) is 0 Å². The highest BCUT2D eigenvalue weighted by atomic mass is 19.1. The summed E-state index contributed by atoms with van der Waals surface area (Å²) in [6.07, 6.45) is 1.18. The van der Waals surface area contributed by atoms with E-state index in [1.165, 1.54) is 12.5 Å². The Balaban J connectivity index is 1.87. The molecule has 1 aliphatic carbocycles. The molecule has 1 fully saturated rings. The molecule has 0 bridgehead atoms. The van der Waals surface area contributed by atoms with Gasteiger partial charge in [-0.15, -0.1) is 0 Å². The molecule has 1 N–H and O–H groups in total. The van der Waals surface area contributed by atoms with Crippen LogP contribution in [0.25, 0.3) is 10.8 Å². The van der Waals surface area contributed by atoms with Crippen LogP contribution in [0.4, 0.5) is 4.39 Å². The van der Waals surface area contributed by atoms with Gasteiger partial charge in [0.05, 0.1) is 0 Å². The van der Waals surface area contributed by atoms with Crippen molar-refractivity contribution in [3.63, 3.8) is 0 Å². The third kappa shape index (κ3) is 2.33. The molecule has 1 saturated carbocycles. The Kier molecular flexibility index (Phi) is 2.97. The van der Waals surface area contributed by atoms with Crippen molar-refractivity contribution >= 4 is 16.7 Å². The number of carbonyl (C=O) groups is 1. The fourth-order valence-corrected chi connectivity index (χ4v) is 2.46. The fraction of sp³-hybridized carbons (Fsp3) is 0.312. The van der Waals surface area contributed by atoms with E-state index < -0.39 is 0 Å². The van der Waals surface area contributed by atoms with E-state index in [1.54, 1.807) is 24.3 Å². The lowest BCUT2D eigenvalue weighted by Crippen LogP contribution is -2.26. The van der Waals surface area contributed by atoms with E-state index in [0.717, 1.165) is 0 Å². The molecule has 2 aromatic carbocycles. The summed E-state index contributed by atoms with van der Waals surface area (Å²) in [4.78, 5) is 12.2. The van der Waals surface area contributed by atoms with E-state index in [-0.39, 0.29) is 11.7 Å². The summed E-state index contributed by atoms with van der Waals surface area (Å²) in [6, 6.07) is 10.00. The number of amides is 1. The number of carbonyl (C=O) groups excluding carboxylic acids is 1. The lowest BCUT2D eigenvalue weighted by atomic mass is 10.0. The number of hydrogen-bond donors (Lipinski definition) is 1. The maximum absolute atomic E-state index is 13.7. The topological polar surface area (TPSA) is 29.1 Å². The van der Waals surface area contributed by atoms with E-state index in [2.05, 4.69) is 12.2 Å². The molecule has 2 nitrogen and oxygen atoms in total. The van der Waals surface area contributed by atoms with Crippen molar-refractivity contribution in [2.75, 3.05) is 6.54 Å². The molecule has 1 aliphatic rings. The Morgan fingerprint density at radius 1 is 1.26 bits per heavy atom. The number of benzene rings is 2. The third-order valence-corrected chi connectivity index (χ3v) is 3.92. The van der Waals surface area contributed by atoms with Gasteiger partial charge >= 0.3 is 0 Å². The fourth-order valence-electron chi connectivity index (χ4n) is 2.46. The second-order valence-electron chi connectivity index (χ2n) is 5.32. The highest BCUT2D eigenvalue weighted by Gasteiger charge is 2.32. The number of fused-ring (bicyclic) bond motifs is 1. The van der Waals surface area contributed by atoms with Crippen molar-refractivity contribution in [1.82, 2.24) is 5.32 Å². The zero-order valence-corrected chi connectivity index (χ0v) is 10.8. The van der Waals surface area contributed by atoms with E-state index in [1.807, 2.05) is 6.07 Å². The molecule has 98 valence electrons. The smallest absolute Gasteiger partial charge is 0.251 e. The van der Waals surface area contributed by atoms with Gasteiger partial charge in [0.1, 0.15) is 5.82 Å². The highest BCUT2D eigenvalue weighted by molar-refractivity contribution is 6.07. The number of rotatable bonds is 3. The van der Waals surface area contributed by atoms with Gasteiger partial charge in [-0.25, -0.2) is 4.39 Å². The van der Waals surface area contributed by atoms with Crippen LogP contribution in [0.3, 0.4) is 0 Å². The van der Waals surface area contributed by atoms with Crippen LogP contribution in [0, 0.1) is 17.7 Å². The molecular formula is C16H16FNO. The molecule has 2 aromatic rings. The van der Waals surface area contributed by atoms with Gasteiger partial charge in [0.2, 0.25) is 0 Å². The first-order chi connectivity index (χ1) is 9.16. The second kappa shape index (κ2) is 4.65. The summed E-state index contributed by atoms with van der Waals surface area (Å²) in [5.41, 5.74) is 0.547. The first-order valence-electron chi connectivity index (χ1n) is 6.62. The van der Waals surface area contributed by atoms with E-state index in [0.29, 0.717) is 34.7 Å². The summed E-state index contributed by atoms with van der Waals surface area (Å²) in [6.45, 7) is 2.90. The number of halogens is 1. The quantitative estimate of drug-likeness (QED) is 0.897. The van der Waals surface area contributed by atoms with Crippen LogP contribution in [0.2, 0.25) is 0 Å². The predicted molar refractivity (Wildman–Crippen MR) is 73.5 cm³/mol. The Morgan fingerprint density at radius 2 is 1.95 bits per heavy atom. The molecule has 0 aromatic heterocycles. The van der Waals surface area contributed by atoms with Crippen molar-refractivity contribution in [3.05, 3.63) is 47.8 Å². The van der Waals surface area contributed by atoms with Gasteiger partial charge in [-0.05, 0) is 35.8 Å². The minimum Gasteiger partial charge on any atom is -0.352 e. The molecule has 3 rings (SSSR count). The number of nitrogens with one attached hydrogen (secondary N) is 1. The zero-order chi connectivity index (χ0) is 13.4. The average Bonchev–Trinajstić information content (AvgIpc) is 3.13. The molecule has 2 unspecified atom stereocenters. The van der Waals surface area contributed by atoms with Gasteiger partial charge in [0, 0.05) is 17.5 Å². The van der Waals surface area contributed by atoms with E-state index >= 15 is 0 Å². The predicted octanol–water partition coefficient (Wildman–Crippen LogP) is 3.36. The van der Waals surface area contributed by atoms with E-state index in [9.17, 15) is 9.18 Å². The second-order valence-corrected chi connectivity index (χ2v) is 5.32. The standard InChI is InChI=1S/C16H16FNO/c1-10-8-11(10)9-18-16(19)14-6-7-15(17)13-5-3-2-4-12(13)14/h2-7,10-11H,8-9H2,1H3,(H,18,19). The van der Waals surface area contributed by atoms with Crippen LogP contribution >= 0.6 is 0 Å². The van der Waals surface area contributed by atoms with Crippen LogP contribution in [0.1, 0.15) is 23.7 Å². The Bertz CT molecular complexity index is 638. The van der Waals surface area contributed by atoms with Crippen molar-refractivity contribution in [2.45, 2.75) is 13.3 Å². The lowest BCUT2D eigenvalue weighted by molar-refractivity contribution is 0.0953. The summed E-state index contributed by atoms with van der Waals surface area (Å²) in [5.74, 6) is 0.916. The monoisotopic (exact) mass is 257 g/mol. The Hall–Kier alpha value is -1.90. The molecule has 0 aliphatic heterocycles. The lowest BCUT2D eigenvalue weighted by Gasteiger charge is -2.08. The van der Waals surface area contributed by atoms with Crippen molar-refractivity contribution in [2.24, 2.45) is 11.8 Å². The maximum Gasteiger partial charge on any atom is 0.251 e. The minimum atomic E-state index is -0.289. The van der Waals surface area contributed by atoms with Crippen molar-refractivity contribution in [3.8, 4) is 0 Å². The average molecular weight is 257 g/mol. The molecule has 0 radical (unpaired) electrons. The van der Waals surface area contributed by atoms with Gasteiger partial charge in [-0.3, -0.25) is 4.79 Å². The van der Waals surface area contributed by atoms with Gasteiger partial charge in [-0.1, -0.05) is 31.2 Å². The van der Waals surface area contributed by atoms with Crippen LogP contribution in [0.5, 0.6) is 0 Å². The first kappa shape index (κ1) is 12.2. The molecule has 0 heterocycles. The van der Waals surface area contributed by atoms with Gasteiger partial charge < -0.3 is 5.32 Å². The van der Waals surface area contributed by atoms with Crippen LogP contribution < -0.4 is 5.32 Å². The SMILES string of the molecule is CC1CC1CNC(=O)c1ccc(F)c2ccccc12. The highest BCUT2D eigenvalue weighted by Crippen LogP contribution is 2.36. The Labute approximate surface area is 111 Å². The normalized spacial score (nSPS) is 21.4. The molecule has 1 amide bonds. The van der Waals surface area contributed by atoms with Gasteiger partial charge in [0.15, 0.2) is 0 Å². The summed E-state index contributed by atoms with van der Waals surface area (Å²) >= 11 is 0. The largest absolute Gasteiger partial charge is 0.352 e. The molecular weight excluding hydrogens is 241 g/mol. The first-order valence-corrected chi connectivity index (χ1v) is 6.62. The van der Waals surface area contributed by atoms with Gasteiger partial charge in [0.25, 0.3) is 5.91 Å². The van der Waals surface area contributed by atoms with Crippen molar-refractivity contribution in [1.29, 1.82) is 0 Å². The molecule has 3 heteroatoms. The van der Waals surface area contributed by atoms with Crippen molar-refractivity contribution < 1.29 is 9.18 Å². The zero-order valence-electron chi connectivity index (χ0n) is 10.8. The summed E-state index contributed by atoms with van der Waals surface area (Å²) in [7, 11) is 0.